The Bertz CT molecular complexity index is 3160. The molecule has 4 N–H and O–H groups in total. The number of nitrogens with zero attached hydrogens (tertiary/aromatic N) is 7. The average Bonchev–Trinajstić information content (AvgIpc) is 4.13. The number of anilines is 1. The maximum absolute atomic E-state index is 16.1. The lowest BCUT2D eigenvalue weighted by Gasteiger charge is -2.34. The molecule has 3 amide bonds. The van der Waals surface area contributed by atoms with E-state index < -0.39 is 23.6 Å². The molecule has 5 saturated heterocycles. The summed E-state index contributed by atoms with van der Waals surface area (Å²) in [6.45, 7) is 3.54. The summed E-state index contributed by atoms with van der Waals surface area (Å²) in [5.41, 5.74) is 2.23. The largest absolute Gasteiger partial charge is 0.508 e. The average molecular weight is 957 g/mol. The van der Waals surface area contributed by atoms with Crippen LogP contribution in [-0.2, 0) is 27.8 Å². The first-order chi connectivity index (χ1) is 33.9. The topological polar surface area (TPSA) is 198 Å². The Morgan fingerprint density at radius 2 is 1.81 bits per heavy atom. The summed E-state index contributed by atoms with van der Waals surface area (Å²) in [5.74, 6) is 0.676. The van der Waals surface area contributed by atoms with Crippen LogP contribution in [0, 0.1) is 24.0 Å². The van der Waals surface area contributed by atoms with Crippen molar-refractivity contribution >= 4 is 56.4 Å². The molecule has 0 aliphatic carbocycles. The van der Waals surface area contributed by atoms with E-state index in [1.54, 1.807) is 7.05 Å². The smallest absolute Gasteiger partial charge is 0.407 e. The number of piperazine rings is 1. The molecule has 364 valence electrons. The molecule has 5 unspecified atom stereocenters. The number of rotatable bonds is 10. The lowest BCUT2D eigenvalue weighted by atomic mass is 9.96. The number of benzene rings is 3. The summed E-state index contributed by atoms with van der Waals surface area (Å²) in [6, 6.07) is 12.3. The number of amides is 3. The standard InChI is InChI=1S/C26H21F2N5O2.C25H33N5O5/c1-3-17-20(27)7-4-13-8-16(34)9-18(21(13)17)23-22(28)24-19(10-29-23)25(32-26(31-24)35-2)33-11-14-5-6-15(12-33)30-14;1-28-21-14-16(6-9-19(21)30(25(28)34)20-10-11-22(31)27-23(20)32)4-2-12-26-24(33)35-15-18-8-7-17-5-3-13-29(17)18/h1,4,7-10,14-15,30,34H,5-6,11-12H2,2H3;6,9,14,17-18,20H,2-5,7-8,10-13,15H2,1H3,(H,26,33)(H,27,31,32). The third-order valence-corrected chi connectivity index (χ3v) is 14.5. The SMILES string of the molecule is C#Cc1c(F)ccc2cc(O)cc(-c3ncc4c(N5CC6CCC(C5)N6)nc(OC)nc4c3F)c12.Cn1c(=O)n(C2CCC(=O)NC2=O)c2ccc(CCCNC(=O)OCC3CCC4CCCN43)cc21. The number of phenolic OH excluding ortho intramolecular Hbond substituents is 1. The molecule has 6 aromatic rings. The summed E-state index contributed by atoms with van der Waals surface area (Å²) in [6.07, 6.45) is 15.7. The van der Waals surface area contributed by atoms with Crippen LogP contribution in [0.25, 0.3) is 44.0 Å². The van der Waals surface area contributed by atoms with Crippen molar-refractivity contribution in [3.63, 3.8) is 0 Å². The van der Waals surface area contributed by atoms with Gasteiger partial charge in [-0.25, -0.2) is 18.4 Å². The maximum Gasteiger partial charge on any atom is 0.407 e. The van der Waals surface area contributed by atoms with Gasteiger partial charge in [0.15, 0.2) is 5.82 Å². The van der Waals surface area contributed by atoms with E-state index >= 15 is 4.39 Å². The van der Waals surface area contributed by atoms with Crippen molar-refractivity contribution in [3.8, 4) is 35.4 Å². The number of nitrogens with one attached hydrogen (secondary N) is 3. The number of piperidine rings is 1. The van der Waals surface area contributed by atoms with Gasteiger partial charge in [-0.3, -0.25) is 33.9 Å². The fourth-order valence-electron chi connectivity index (χ4n) is 11.1. The zero-order valence-electron chi connectivity index (χ0n) is 39.0. The number of imide groups is 1. The number of hydrogen-bond donors (Lipinski definition) is 4. The first kappa shape index (κ1) is 46.6. The van der Waals surface area contributed by atoms with E-state index in [4.69, 9.17) is 15.9 Å². The summed E-state index contributed by atoms with van der Waals surface area (Å²) in [5, 5.41) is 20.2. The number of terminal acetylenes is 1. The number of halogens is 2. The van der Waals surface area contributed by atoms with Crippen molar-refractivity contribution in [2.45, 2.75) is 94.4 Å². The van der Waals surface area contributed by atoms with Gasteiger partial charge < -0.3 is 30.1 Å². The van der Waals surface area contributed by atoms with Crippen LogP contribution >= 0.6 is 0 Å². The second kappa shape index (κ2) is 19.3. The molecular weight excluding hydrogens is 903 g/mol. The van der Waals surface area contributed by atoms with Crippen LogP contribution in [0.2, 0.25) is 0 Å². The molecule has 0 spiro atoms. The molecule has 19 heteroatoms. The molecule has 5 atom stereocenters. The molecular formula is C51H54F2N10O7. The summed E-state index contributed by atoms with van der Waals surface area (Å²) in [7, 11) is 3.11. The number of aromatic hydroxyl groups is 1. The highest BCUT2D eigenvalue weighted by atomic mass is 19.1. The van der Waals surface area contributed by atoms with Crippen LogP contribution in [0.15, 0.2) is 53.5 Å². The Morgan fingerprint density at radius 1 is 1.00 bits per heavy atom. The van der Waals surface area contributed by atoms with Gasteiger partial charge in [-0.2, -0.15) is 9.97 Å². The van der Waals surface area contributed by atoms with Crippen molar-refractivity contribution in [3.05, 3.63) is 81.9 Å². The van der Waals surface area contributed by atoms with E-state index in [-0.39, 0.29) is 63.6 Å². The highest BCUT2D eigenvalue weighted by molar-refractivity contribution is 6.03. The minimum atomic E-state index is -0.735. The molecule has 3 aromatic heterocycles. The maximum atomic E-state index is 16.1. The van der Waals surface area contributed by atoms with E-state index in [1.807, 2.05) is 18.2 Å². The van der Waals surface area contributed by atoms with Gasteiger partial charge in [-0.05, 0) is 106 Å². The molecule has 70 heavy (non-hydrogen) atoms. The van der Waals surface area contributed by atoms with Gasteiger partial charge in [0.2, 0.25) is 11.8 Å². The van der Waals surface area contributed by atoms with Gasteiger partial charge in [0.25, 0.3) is 0 Å². The number of aryl methyl sites for hydroxylation is 2. The molecule has 0 radical (unpaired) electrons. The predicted molar refractivity (Wildman–Crippen MR) is 258 cm³/mol. The minimum Gasteiger partial charge on any atom is -0.508 e. The van der Waals surface area contributed by atoms with Crippen molar-refractivity contribution in [1.82, 2.24) is 44.9 Å². The van der Waals surface area contributed by atoms with Crippen molar-refractivity contribution in [2.75, 3.05) is 44.8 Å². The minimum absolute atomic E-state index is 0.0258. The number of carbonyl (C=O) groups excluding carboxylic acids is 3. The fourth-order valence-corrected chi connectivity index (χ4v) is 11.1. The van der Waals surface area contributed by atoms with Gasteiger partial charge in [0, 0.05) is 74.4 Å². The molecule has 5 fully saturated rings. The second-order valence-corrected chi connectivity index (χ2v) is 18.8. The van der Waals surface area contributed by atoms with Gasteiger partial charge >= 0.3 is 17.8 Å². The van der Waals surface area contributed by atoms with Crippen LogP contribution < -0.4 is 31.3 Å². The Balaban J connectivity index is 0.000000162. The molecule has 11 rings (SSSR count). The molecule has 5 aliphatic heterocycles. The van der Waals surface area contributed by atoms with Gasteiger partial charge in [-0.1, -0.05) is 18.1 Å². The monoisotopic (exact) mass is 956 g/mol. The number of pyridine rings is 1. The number of carbonyl (C=O) groups is 3. The van der Waals surface area contributed by atoms with Crippen molar-refractivity contribution in [1.29, 1.82) is 0 Å². The number of methoxy groups -OCH3 is 1. The van der Waals surface area contributed by atoms with Gasteiger partial charge in [0.05, 0.1) is 29.1 Å². The van der Waals surface area contributed by atoms with E-state index in [2.05, 4.69) is 46.6 Å². The number of aromatic nitrogens is 5. The molecule has 8 heterocycles. The number of ether oxygens (including phenoxy) is 2. The lowest BCUT2D eigenvalue weighted by molar-refractivity contribution is -0.135. The van der Waals surface area contributed by atoms with E-state index in [9.17, 15) is 28.7 Å². The fraction of sp³-hybridized carbons (Fsp3) is 0.431. The van der Waals surface area contributed by atoms with Gasteiger partial charge in [-0.15, -0.1) is 6.42 Å². The van der Waals surface area contributed by atoms with Crippen LogP contribution in [0.4, 0.5) is 19.4 Å². The van der Waals surface area contributed by atoms with Crippen LogP contribution in [0.5, 0.6) is 11.8 Å². The van der Waals surface area contributed by atoms with E-state index in [0.717, 1.165) is 62.8 Å². The highest BCUT2D eigenvalue weighted by Gasteiger charge is 2.38. The van der Waals surface area contributed by atoms with Gasteiger partial charge in [0.1, 0.15) is 41.2 Å². The second-order valence-electron chi connectivity index (χ2n) is 18.8. The quantitative estimate of drug-likeness (QED) is 0.0779. The molecule has 5 aliphatic rings. The summed E-state index contributed by atoms with van der Waals surface area (Å²) < 4.78 is 44.4. The lowest BCUT2D eigenvalue weighted by Crippen LogP contribution is -2.51. The van der Waals surface area contributed by atoms with E-state index in [1.165, 1.54) is 66.0 Å². The Labute approximate surface area is 401 Å². The van der Waals surface area contributed by atoms with Crippen molar-refractivity contribution < 1.29 is 37.7 Å². The van der Waals surface area contributed by atoms with Crippen molar-refractivity contribution in [2.24, 2.45) is 7.05 Å². The molecule has 3 aromatic carbocycles. The number of hydrogen-bond acceptors (Lipinski definition) is 13. The molecule has 2 bridgehead atoms. The first-order valence-electron chi connectivity index (χ1n) is 23.9. The first-order valence-corrected chi connectivity index (χ1v) is 23.9. The number of alkyl carbamates (subject to hydrolysis) is 1. The van der Waals surface area contributed by atoms with Crippen LogP contribution in [0.3, 0.4) is 0 Å². The van der Waals surface area contributed by atoms with Crippen LogP contribution in [-0.4, -0.2) is 116 Å². The third-order valence-electron chi connectivity index (χ3n) is 14.5. The highest BCUT2D eigenvalue weighted by Crippen LogP contribution is 2.39. The summed E-state index contributed by atoms with van der Waals surface area (Å²) >= 11 is 0. The number of fused-ring (bicyclic) bond motifs is 6. The Hall–Kier alpha value is -7.17. The predicted octanol–water partition coefficient (Wildman–Crippen LogP) is 5.36. The Kier molecular flexibility index (Phi) is 12.8. The van der Waals surface area contributed by atoms with E-state index in [0.29, 0.717) is 65.8 Å². The third kappa shape index (κ3) is 8.85. The summed E-state index contributed by atoms with van der Waals surface area (Å²) in [4.78, 5) is 66.6. The molecule has 17 nitrogen and oxygen atoms in total. The zero-order valence-corrected chi connectivity index (χ0v) is 39.0. The molecule has 0 saturated carbocycles. The number of imidazole rings is 1. The normalized spacial score (nSPS) is 21.9. The zero-order chi connectivity index (χ0) is 48.8. The van der Waals surface area contributed by atoms with Crippen LogP contribution in [0.1, 0.15) is 75.0 Å². The Morgan fingerprint density at radius 3 is 2.59 bits per heavy atom. The number of phenols is 1.